The van der Waals surface area contributed by atoms with Gasteiger partial charge >= 0.3 is 0 Å². The van der Waals surface area contributed by atoms with E-state index in [1.54, 1.807) is 36.0 Å². The monoisotopic (exact) mass is 453 g/mol. The fourth-order valence-electron chi connectivity index (χ4n) is 4.24. The summed E-state index contributed by atoms with van der Waals surface area (Å²) in [4.78, 5) is 41.5. The SMILES string of the molecule is CSCC[C@H](C(=O)Nc1sc2c(c1C#N)CCCCC2)N1C(=O)c2ccccc2C1=O. The zero-order chi connectivity index (χ0) is 22.0. The molecule has 1 aliphatic carbocycles. The lowest BCUT2D eigenvalue weighted by molar-refractivity contribution is -0.120. The summed E-state index contributed by atoms with van der Waals surface area (Å²) >= 11 is 3.00. The number of nitrogens with one attached hydrogen (secondary N) is 1. The standard InChI is InChI=1S/C23H23N3O3S2/c1-30-12-11-18(26-22(28)15-8-5-6-9-16(15)23(26)29)20(27)25-21-17(13-24)14-7-3-2-4-10-19(14)31-21/h5-6,8-9,18H,2-4,7,10-12H2,1H3,(H,25,27)/t18-/m1/s1. The highest BCUT2D eigenvalue weighted by atomic mass is 32.2. The van der Waals surface area contributed by atoms with Gasteiger partial charge in [-0.2, -0.15) is 17.0 Å². The summed E-state index contributed by atoms with van der Waals surface area (Å²) in [6.07, 6.45) is 7.30. The maximum atomic E-state index is 13.3. The molecule has 1 aromatic carbocycles. The van der Waals surface area contributed by atoms with Crippen LogP contribution in [0.4, 0.5) is 5.00 Å². The van der Waals surface area contributed by atoms with E-state index in [2.05, 4.69) is 11.4 Å². The zero-order valence-corrected chi connectivity index (χ0v) is 18.9. The lowest BCUT2D eigenvalue weighted by Crippen LogP contribution is -2.47. The molecule has 0 fully saturated rings. The first-order valence-corrected chi connectivity index (χ1v) is 12.6. The highest BCUT2D eigenvalue weighted by molar-refractivity contribution is 7.98. The summed E-state index contributed by atoms with van der Waals surface area (Å²) in [5.74, 6) is -0.678. The third kappa shape index (κ3) is 4.00. The Bertz CT molecular complexity index is 1050. The van der Waals surface area contributed by atoms with Gasteiger partial charge in [-0.1, -0.05) is 18.6 Å². The topological polar surface area (TPSA) is 90.3 Å². The van der Waals surface area contributed by atoms with Gasteiger partial charge in [0.05, 0.1) is 16.7 Å². The van der Waals surface area contributed by atoms with Crippen molar-refractivity contribution in [2.45, 2.75) is 44.6 Å². The lowest BCUT2D eigenvalue weighted by atomic mass is 10.1. The summed E-state index contributed by atoms with van der Waals surface area (Å²) < 4.78 is 0. The minimum Gasteiger partial charge on any atom is -0.315 e. The average molecular weight is 454 g/mol. The summed E-state index contributed by atoms with van der Waals surface area (Å²) in [6, 6.07) is 7.99. The average Bonchev–Trinajstić information content (AvgIpc) is 3.10. The van der Waals surface area contributed by atoms with Crippen LogP contribution in [-0.4, -0.2) is 40.7 Å². The maximum absolute atomic E-state index is 13.3. The molecular weight excluding hydrogens is 430 g/mol. The highest BCUT2D eigenvalue weighted by Gasteiger charge is 2.42. The minimum absolute atomic E-state index is 0.329. The molecule has 0 saturated carbocycles. The molecule has 0 spiro atoms. The van der Waals surface area contributed by atoms with Gasteiger partial charge in [-0.3, -0.25) is 19.3 Å². The fourth-order valence-corrected chi connectivity index (χ4v) is 5.94. The summed E-state index contributed by atoms with van der Waals surface area (Å²) in [7, 11) is 0. The smallest absolute Gasteiger partial charge is 0.262 e. The van der Waals surface area contributed by atoms with Gasteiger partial charge in [0.1, 0.15) is 17.1 Å². The van der Waals surface area contributed by atoms with Crippen LogP contribution in [0.5, 0.6) is 0 Å². The normalized spacial score (nSPS) is 16.3. The van der Waals surface area contributed by atoms with Crippen LogP contribution >= 0.6 is 23.1 Å². The van der Waals surface area contributed by atoms with Crippen LogP contribution in [0.25, 0.3) is 0 Å². The third-order valence-corrected chi connectivity index (χ3v) is 7.66. The molecule has 0 unspecified atom stereocenters. The zero-order valence-electron chi connectivity index (χ0n) is 17.3. The molecule has 2 aromatic rings. The van der Waals surface area contributed by atoms with Crippen molar-refractivity contribution in [2.24, 2.45) is 0 Å². The number of benzene rings is 1. The van der Waals surface area contributed by atoms with Gasteiger partial charge in [0.2, 0.25) is 5.91 Å². The first kappa shape index (κ1) is 21.6. The van der Waals surface area contributed by atoms with Gasteiger partial charge in [0.25, 0.3) is 11.8 Å². The number of thiophene rings is 1. The van der Waals surface area contributed by atoms with E-state index in [1.165, 1.54) is 11.3 Å². The first-order chi connectivity index (χ1) is 15.1. The molecule has 160 valence electrons. The molecule has 1 aliphatic heterocycles. The van der Waals surface area contributed by atoms with Crippen LogP contribution in [0.15, 0.2) is 24.3 Å². The van der Waals surface area contributed by atoms with E-state index in [0.29, 0.717) is 33.9 Å². The number of hydrogen-bond acceptors (Lipinski definition) is 6. The van der Waals surface area contributed by atoms with E-state index in [0.717, 1.165) is 47.4 Å². The van der Waals surface area contributed by atoms with Crippen molar-refractivity contribution in [1.29, 1.82) is 5.26 Å². The van der Waals surface area contributed by atoms with E-state index in [4.69, 9.17) is 0 Å². The van der Waals surface area contributed by atoms with E-state index < -0.39 is 23.8 Å². The molecule has 1 aromatic heterocycles. The van der Waals surface area contributed by atoms with Crippen molar-refractivity contribution in [3.8, 4) is 6.07 Å². The molecule has 2 aliphatic rings. The minimum atomic E-state index is -0.923. The number of nitrogens with zero attached hydrogens (tertiary/aromatic N) is 2. The lowest BCUT2D eigenvalue weighted by Gasteiger charge is -2.25. The Morgan fingerprint density at radius 1 is 1.19 bits per heavy atom. The Balaban J connectivity index is 1.63. The van der Waals surface area contributed by atoms with Crippen LogP contribution < -0.4 is 5.32 Å². The van der Waals surface area contributed by atoms with Crippen molar-refractivity contribution in [3.63, 3.8) is 0 Å². The Morgan fingerprint density at radius 2 is 1.87 bits per heavy atom. The largest absolute Gasteiger partial charge is 0.315 e. The van der Waals surface area contributed by atoms with Crippen molar-refractivity contribution < 1.29 is 14.4 Å². The molecule has 8 heteroatoms. The highest BCUT2D eigenvalue weighted by Crippen LogP contribution is 2.37. The van der Waals surface area contributed by atoms with Crippen molar-refractivity contribution in [3.05, 3.63) is 51.4 Å². The Morgan fingerprint density at radius 3 is 2.52 bits per heavy atom. The molecule has 1 N–H and O–H groups in total. The van der Waals surface area contributed by atoms with Crippen LogP contribution in [0.2, 0.25) is 0 Å². The summed E-state index contributed by atoms with van der Waals surface area (Å²) in [6.45, 7) is 0. The number of hydrogen-bond donors (Lipinski definition) is 1. The van der Waals surface area contributed by atoms with Crippen LogP contribution in [0, 0.1) is 11.3 Å². The fraction of sp³-hybridized carbons (Fsp3) is 0.391. The molecule has 31 heavy (non-hydrogen) atoms. The summed E-state index contributed by atoms with van der Waals surface area (Å²) in [5, 5.41) is 13.2. The number of nitriles is 1. The number of amides is 3. The van der Waals surface area contributed by atoms with E-state index in [-0.39, 0.29) is 0 Å². The van der Waals surface area contributed by atoms with Gasteiger partial charge in [0.15, 0.2) is 0 Å². The number of thioether (sulfide) groups is 1. The molecule has 2 heterocycles. The van der Waals surface area contributed by atoms with E-state index in [1.807, 2.05) is 6.26 Å². The van der Waals surface area contributed by atoms with Gasteiger partial charge in [0, 0.05) is 4.88 Å². The van der Waals surface area contributed by atoms with Gasteiger partial charge < -0.3 is 5.32 Å². The third-order valence-electron chi connectivity index (χ3n) is 5.81. The van der Waals surface area contributed by atoms with Crippen LogP contribution in [-0.2, 0) is 17.6 Å². The molecule has 0 bridgehead atoms. The van der Waals surface area contributed by atoms with Crippen molar-refractivity contribution in [1.82, 2.24) is 4.90 Å². The molecule has 4 rings (SSSR count). The number of carbonyl (C=O) groups excluding carboxylic acids is 3. The van der Waals surface area contributed by atoms with Gasteiger partial charge in [-0.25, -0.2) is 0 Å². The summed E-state index contributed by atoms with van der Waals surface area (Å²) in [5.41, 5.74) is 2.23. The number of anilines is 1. The quantitative estimate of drug-likeness (QED) is 0.522. The predicted octanol–water partition coefficient (Wildman–Crippen LogP) is 4.25. The number of fused-ring (bicyclic) bond motifs is 2. The second kappa shape index (κ2) is 9.25. The van der Waals surface area contributed by atoms with Crippen LogP contribution in [0.1, 0.15) is 62.4 Å². The molecule has 6 nitrogen and oxygen atoms in total. The number of imide groups is 1. The molecule has 3 amide bonds. The second-order valence-electron chi connectivity index (χ2n) is 7.69. The maximum Gasteiger partial charge on any atom is 0.262 e. The van der Waals surface area contributed by atoms with E-state index >= 15 is 0 Å². The first-order valence-electron chi connectivity index (χ1n) is 10.4. The molecule has 0 saturated heterocycles. The molecule has 0 radical (unpaired) electrons. The van der Waals surface area contributed by atoms with Gasteiger partial charge in [-0.05, 0) is 61.8 Å². The molecule has 1 atom stereocenters. The second-order valence-corrected chi connectivity index (χ2v) is 9.78. The van der Waals surface area contributed by atoms with Crippen molar-refractivity contribution >= 4 is 45.8 Å². The van der Waals surface area contributed by atoms with Crippen LogP contribution in [0.3, 0.4) is 0 Å². The van der Waals surface area contributed by atoms with Gasteiger partial charge in [-0.15, -0.1) is 11.3 Å². The Hall–Kier alpha value is -2.63. The number of rotatable bonds is 6. The Labute approximate surface area is 189 Å². The number of aryl methyl sites for hydroxylation is 1. The number of carbonyl (C=O) groups is 3. The molecular formula is C23H23N3O3S2. The Kier molecular flexibility index (Phi) is 6.44. The van der Waals surface area contributed by atoms with Crippen molar-refractivity contribution in [2.75, 3.05) is 17.3 Å². The van der Waals surface area contributed by atoms with E-state index in [9.17, 15) is 19.6 Å². The predicted molar refractivity (Wildman–Crippen MR) is 123 cm³/mol.